The van der Waals surface area contributed by atoms with Crippen molar-refractivity contribution in [1.82, 2.24) is 4.90 Å². The normalized spacial score (nSPS) is 16.3. The van der Waals surface area contributed by atoms with Crippen molar-refractivity contribution in [2.75, 3.05) is 24.9 Å². The molecule has 0 aliphatic carbocycles. The van der Waals surface area contributed by atoms with Gasteiger partial charge in [-0.15, -0.1) is 0 Å². The van der Waals surface area contributed by atoms with Crippen molar-refractivity contribution in [1.29, 1.82) is 0 Å². The molecular formula is C20H22N2O3S. The zero-order valence-corrected chi connectivity index (χ0v) is 16.0. The number of benzene rings is 2. The lowest BCUT2D eigenvalue weighted by Gasteiger charge is -2.24. The van der Waals surface area contributed by atoms with Gasteiger partial charge in [0.15, 0.2) is 5.78 Å². The van der Waals surface area contributed by atoms with Crippen LogP contribution in [0.15, 0.2) is 65.2 Å². The van der Waals surface area contributed by atoms with Gasteiger partial charge in [-0.2, -0.15) is 0 Å². The second-order valence-corrected chi connectivity index (χ2v) is 8.47. The number of nitrogens with zero attached hydrogens (tertiary/aromatic N) is 2. The summed E-state index contributed by atoms with van der Waals surface area (Å²) in [7, 11) is -0.0603. The molecule has 0 bridgehead atoms. The number of anilines is 1. The first-order chi connectivity index (χ1) is 12.3. The second-order valence-electron chi connectivity index (χ2n) is 6.60. The van der Waals surface area contributed by atoms with E-state index in [9.17, 15) is 13.2 Å². The first kappa shape index (κ1) is 18.2. The van der Waals surface area contributed by atoms with Gasteiger partial charge in [0.25, 0.3) is 10.0 Å². The minimum Gasteiger partial charge on any atom is -0.383 e. The van der Waals surface area contributed by atoms with Gasteiger partial charge in [0, 0.05) is 38.0 Å². The third-order valence-electron chi connectivity index (χ3n) is 4.32. The molecule has 0 unspecified atom stereocenters. The third kappa shape index (κ3) is 3.37. The van der Waals surface area contributed by atoms with Crippen LogP contribution in [0, 0.1) is 6.92 Å². The van der Waals surface area contributed by atoms with Crippen LogP contribution in [0.1, 0.15) is 22.3 Å². The van der Waals surface area contributed by atoms with Crippen LogP contribution in [0.4, 0.5) is 5.69 Å². The quantitative estimate of drug-likeness (QED) is 0.779. The first-order valence-corrected chi connectivity index (χ1v) is 9.85. The summed E-state index contributed by atoms with van der Waals surface area (Å²) in [5.74, 6) is -0.129. The number of ketones is 1. The number of fused-ring (bicyclic) bond motifs is 1. The highest BCUT2D eigenvalue weighted by Gasteiger charge is 2.32. The Labute approximate surface area is 154 Å². The van der Waals surface area contributed by atoms with Crippen molar-refractivity contribution in [2.45, 2.75) is 18.2 Å². The second kappa shape index (κ2) is 6.96. The Kier molecular flexibility index (Phi) is 4.87. The Balaban J connectivity index is 2.13. The number of carbonyl (C=O) groups excluding carboxylic acids is 1. The first-order valence-electron chi connectivity index (χ1n) is 8.41. The molecule has 0 N–H and O–H groups in total. The summed E-state index contributed by atoms with van der Waals surface area (Å²) in [5, 5.41) is 0. The predicted molar refractivity (Wildman–Crippen MR) is 103 cm³/mol. The molecule has 0 fully saturated rings. The van der Waals surface area contributed by atoms with Crippen LogP contribution in [0.25, 0.3) is 0 Å². The maximum Gasteiger partial charge on any atom is 0.264 e. The molecule has 0 saturated carbocycles. The van der Waals surface area contributed by atoms with Crippen LogP contribution < -0.4 is 4.31 Å². The molecule has 0 aromatic heterocycles. The lowest BCUT2D eigenvalue weighted by molar-refractivity contribution is 0.103. The number of Topliss-reactive ketones (excluding diaryl/α,β-unsaturated/α-hetero) is 1. The number of para-hydroxylation sites is 1. The van der Waals surface area contributed by atoms with E-state index in [-0.39, 0.29) is 17.2 Å². The standard InChI is InChI=1S/C20H22N2O3S/c1-15-8-10-17(11-9-15)26(24,25)22-13-12-16(14-21(2)3)20(23)18-6-4-5-7-19(18)22/h4-11,14H,12-13H2,1-3H3/b16-14+. The molecule has 3 rings (SSSR count). The number of carbonyl (C=O) groups is 1. The van der Waals surface area contributed by atoms with Gasteiger partial charge in [-0.05, 0) is 37.6 Å². The SMILES string of the molecule is Cc1ccc(S(=O)(=O)N2CC/C(=C\N(C)C)C(=O)c3ccccc32)cc1. The molecule has 1 aliphatic rings. The molecule has 0 amide bonds. The summed E-state index contributed by atoms with van der Waals surface area (Å²) in [6.45, 7) is 2.13. The lowest BCUT2D eigenvalue weighted by Crippen LogP contribution is -2.32. The van der Waals surface area contributed by atoms with Crippen molar-refractivity contribution in [2.24, 2.45) is 0 Å². The lowest BCUT2D eigenvalue weighted by atomic mass is 10.0. The highest BCUT2D eigenvalue weighted by Crippen LogP contribution is 2.33. The van der Waals surface area contributed by atoms with Crippen LogP contribution in [0.2, 0.25) is 0 Å². The summed E-state index contributed by atoms with van der Waals surface area (Å²) in [6, 6.07) is 13.7. The Morgan fingerprint density at radius 1 is 1.04 bits per heavy atom. The number of hydrogen-bond donors (Lipinski definition) is 0. The number of rotatable bonds is 3. The molecule has 0 spiro atoms. The molecule has 1 aliphatic heterocycles. The fourth-order valence-corrected chi connectivity index (χ4v) is 4.52. The molecule has 1 heterocycles. The minimum atomic E-state index is -3.75. The molecule has 5 nitrogen and oxygen atoms in total. The van der Waals surface area contributed by atoms with Crippen LogP contribution >= 0.6 is 0 Å². The Hall–Kier alpha value is -2.60. The molecule has 0 atom stereocenters. The average molecular weight is 370 g/mol. The van der Waals surface area contributed by atoms with Crippen molar-refractivity contribution in [3.63, 3.8) is 0 Å². The molecule has 6 heteroatoms. The van der Waals surface area contributed by atoms with Crippen LogP contribution in [-0.2, 0) is 10.0 Å². The number of sulfonamides is 1. The smallest absolute Gasteiger partial charge is 0.264 e. The van der Waals surface area contributed by atoms with E-state index >= 15 is 0 Å². The molecule has 2 aromatic carbocycles. The van der Waals surface area contributed by atoms with E-state index in [0.29, 0.717) is 23.2 Å². The molecular weight excluding hydrogens is 348 g/mol. The van der Waals surface area contributed by atoms with Crippen LogP contribution in [0.5, 0.6) is 0 Å². The zero-order valence-electron chi connectivity index (χ0n) is 15.1. The highest BCUT2D eigenvalue weighted by atomic mass is 32.2. The Bertz CT molecular complexity index is 961. The molecule has 26 heavy (non-hydrogen) atoms. The maximum atomic E-state index is 13.2. The summed E-state index contributed by atoms with van der Waals surface area (Å²) in [4.78, 5) is 14.9. The zero-order chi connectivity index (χ0) is 18.9. The Morgan fingerprint density at radius 3 is 2.35 bits per heavy atom. The van der Waals surface area contributed by atoms with Gasteiger partial charge < -0.3 is 4.90 Å². The number of hydrogen-bond acceptors (Lipinski definition) is 4. The van der Waals surface area contributed by atoms with E-state index in [1.54, 1.807) is 59.6 Å². The summed E-state index contributed by atoms with van der Waals surface area (Å²) >= 11 is 0. The van der Waals surface area contributed by atoms with Gasteiger partial charge in [-0.3, -0.25) is 9.10 Å². The fourth-order valence-electron chi connectivity index (χ4n) is 3.03. The van der Waals surface area contributed by atoms with E-state index < -0.39 is 10.0 Å². The topological polar surface area (TPSA) is 57.7 Å². The molecule has 2 aromatic rings. The summed E-state index contributed by atoms with van der Waals surface area (Å²) in [6.07, 6.45) is 2.12. The maximum absolute atomic E-state index is 13.2. The van der Waals surface area contributed by atoms with E-state index in [0.717, 1.165) is 5.56 Å². The highest BCUT2D eigenvalue weighted by molar-refractivity contribution is 7.92. The van der Waals surface area contributed by atoms with E-state index in [1.807, 2.05) is 21.0 Å². The third-order valence-corrected chi connectivity index (χ3v) is 6.14. The van der Waals surface area contributed by atoms with Crippen LogP contribution in [0.3, 0.4) is 0 Å². The monoisotopic (exact) mass is 370 g/mol. The van der Waals surface area contributed by atoms with E-state index in [2.05, 4.69) is 0 Å². The van der Waals surface area contributed by atoms with Gasteiger partial charge in [-0.1, -0.05) is 29.8 Å². The minimum absolute atomic E-state index is 0.129. The fraction of sp³-hybridized carbons (Fsp3) is 0.250. The molecule has 0 saturated heterocycles. The Morgan fingerprint density at radius 2 is 1.69 bits per heavy atom. The van der Waals surface area contributed by atoms with E-state index in [1.165, 1.54) is 4.31 Å². The van der Waals surface area contributed by atoms with Gasteiger partial charge in [0.05, 0.1) is 10.6 Å². The van der Waals surface area contributed by atoms with Gasteiger partial charge in [0.1, 0.15) is 0 Å². The number of aryl methyl sites for hydroxylation is 1. The summed E-state index contributed by atoms with van der Waals surface area (Å²) in [5.41, 5.74) is 2.43. The van der Waals surface area contributed by atoms with E-state index in [4.69, 9.17) is 0 Å². The van der Waals surface area contributed by atoms with Crippen molar-refractivity contribution in [3.8, 4) is 0 Å². The van der Waals surface area contributed by atoms with Gasteiger partial charge >= 0.3 is 0 Å². The largest absolute Gasteiger partial charge is 0.383 e. The van der Waals surface area contributed by atoms with Gasteiger partial charge in [-0.25, -0.2) is 8.42 Å². The van der Waals surface area contributed by atoms with Crippen molar-refractivity contribution < 1.29 is 13.2 Å². The van der Waals surface area contributed by atoms with Gasteiger partial charge in [0.2, 0.25) is 0 Å². The molecule has 0 radical (unpaired) electrons. The van der Waals surface area contributed by atoms with Crippen LogP contribution in [-0.4, -0.2) is 39.7 Å². The average Bonchev–Trinajstić information content (AvgIpc) is 2.73. The summed E-state index contributed by atoms with van der Waals surface area (Å²) < 4.78 is 27.8. The van der Waals surface area contributed by atoms with Crippen molar-refractivity contribution >= 4 is 21.5 Å². The molecule has 136 valence electrons. The predicted octanol–water partition coefficient (Wildman–Crippen LogP) is 3.22. The van der Waals surface area contributed by atoms with Crippen molar-refractivity contribution in [3.05, 3.63) is 71.4 Å².